The molecule has 2 N–H and O–H groups in total. The van der Waals surface area contributed by atoms with E-state index in [1.807, 2.05) is 32.0 Å². The zero-order chi connectivity index (χ0) is 21.7. The van der Waals surface area contributed by atoms with Crippen molar-refractivity contribution >= 4 is 46.6 Å². The van der Waals surface area contributed by atoms with Gasteiger partial charge in [0.2, 0.25) is 11.8 Å². The van der Waals surface area contributed by atoms with Crippen LogP contribution in [0.5, 0.6) is 0 Å². The van der Waals surface area contributed by atoms with Gasteiger partial charge >= 0.3 is 0 Å². The second kappa shape index (κ2) is 9.77. The SMILES string of the molecule is Cc1ccc(NC(=O)Cc2nnc(SCC(=O)Nc3ccc(Cl)cc3)n2C)c(C)c1. The maximum Gasteiger partial charge on any atom is 0.234 e. The zero-order valence-electron chi connectivity index (χ0n) is 16.9. The van der Waals surface area contributed by atoms with Gasteiger partial charge in [0.05, 0.1) is 12.2 Å². The van der Waals surface area contributed by atoms with E-state index in [1.165, 1.54) is 11.8 Å². The Labute approximate surface area is 184 Å². The van der Waals surface area contributed by atoms with Crippen LogP contribution in [0.2, 0.25) is 5.02 Å². The molecule has 0 aliphatic heterocycles. The molecule has 0 aliphatic rings. The number of amides is 2. The third-order valence-electron chi connectivity index (χ3n) is 4.36. The Balaban J connectivity index is 1.54. The second-order valence-corrected chi connectivity index (χ2v) is 8.22. The van der Waals surface area contributed by atoms with E-state index in [1.54, 1.807) is 35.9 Å². The predicted molar refractivity (Wildman–Crippen MR) is 120 cm³/mol. The molecule has 0 radical (unpaired) electrons. The van der Waals surface area contributed by atoms with Gasteiger partial charge in [0.1, 0.15) is 5.82 Å². The number of carbonyl (C=O) groups is 2. The molecule has 0 saturated heterocycles. The van der Waals surface area contributed by atoms with E-state index in [-0.39, 0.29) is 24.0 Å². The van der Waals surface area contributed by atoms with Crippen molar-refractivity contribution in [2.24, 2.45) is 7.05 Å². The molecule has 0 bridgehead atoms. The number of halogens is 1. The fourth-order valence-electron chi connectivity index (χ4n) is 2.78. The molecule has 156 valence electrons. The first-order valence-electron chi connectivity index (χ1n) is 9.25. The maximum atomic E-state index is 12.4. The number of thioether (sulfide) groups is 1. The highest BCUT2D eigenvalue weighted by molar-refractivity contribution is 7.99. The molecule has 0 saturated carbocycles. The summed E-state index contributed by atoms with van der Waals surface area (Å²) >= 11 is 7.09. The average Bonchev–Trinajstić information content (AvgIpc) is 3.04. The van der Waals surface area contributed by atoms with Crippen molar-refractivity contribution in [2.45, 2.75) is 25.4 Å². The number of rotatable bonds is 7. The number of nitrogens with zero attached hydrogens (tertiary/aromatic N) is 3. The Hall–Kier alpha value is -2.84. The van der Waals surface area contributed by atoms with Crippen molar-refractivity contribution in [2.75, 3.05) is 16.4 Å². The molecule has 3 rings (SSSR count). The monoisotopic (exact) mass is 443 g/mol. The number of hydrogen-bond donors (Lipinski definition) is 2. The van der Waals surface area contributed by atoms with Crippen molar-refractivity contribution in [3.8, 4) is 0 Å². The lowest BCUT2D eigenvalue weighted by atomic mass is 10.1. The molecule has 9 heteroatoms. The van der Waals surface area contributed by atoms with E-state index in [9.17, 15) is 9.59 Å². The summed E-state index contributed by atoms with van der Waals surface area (Å²) in [6.45, 7) is 3.96. The summed E-state index contributed by atoms with van der Waals surface area (Å²) in [5.41, 5.74) is 3.60. The molecule has 30 heavy (non-hydrogen) atoms. The van der Waals surface area contributed by atoms with Gasteiger partial charge in [-0.15, -0.1) is 10.2 Å². The minimum Gasteiger partial charge on any atom is -0.325 e. The first-order chi connectivity index (χ1) is 14.3. The first kappa shape index (κ1) is 21.9. The van der Waals surface area contributed by atoms with E-state index >= 15 is 0 Å². The Bertz CT molecular complexity index is 1070. The highest BCUT2D eigenvalue weighted by Crippen LogP contribution is 2.19. The zero-order valence-corrected chi connectivity index (χ0v) is 18.5. The molecule has 0 spiro atoms. The molecule has 7 nitrogen and oxygen atoms in total. The fourth-order valence-corrected chi connectivity index (χ4v) is 3.63. The van der Waals surface area contributed by atoms with Crippen LogP contribution >= 0.6 is 23.4 Å². The van der Waals surface area contributed by atoms with Crippen LogP contribution in [-0.4, -0.2) is 32.3 Å². The molecule has 1 heterocycles. The van der Waals surface area contributed by atoms with Gasteiger partial charge in [-0.2, -0.15) is 0 Å². The van der Waals surface area contributed by atoms with Crippen LogP contribution in [0.25, 0.3) is 0 Å². The maximum absolute atomic E-state index is 12.4. The number of carbonyl (C=O) groups excluding carboxylic acids is 2. The third-order valence-corrected chi connectivity index (χ3v) is 5.63. The van der Waals surface area contributed by atoms with E-state index in [4.69, 9.17) is 11.6 Å². The molecule has 0 aliphatic carbocycles. The summed E-state index contributed by atoms with van der Waals surface area (Å²) in [6.07, 6.45) is 0.0916. The summed E-state index contributed by atoms with van der Waals surface area (Å²) in [5.74, 6) is 0.357. The molecular weight excluding hydrogens is 422 g/mol. The van der Waals surface area contributed by atoms with Gasteiger partial charge in [-0.3, -0.25) is 9.59 Å². The molecule has 0 unspecified atom stereocenters. The number of aromatic nitrogens is 3. The minimum atomic E-state index is -0.172. The van der Waals surface area contributed by atoms with E-state index < -0.39 is 0 Å². The second-order valence-electron chi connectivity index (χ2n) is 6.84. The van der Waals surface area contributed by atoms with Crippen LogP contribution in [0, 0.1) is 13.8 Å². The molecule has 2 aromatic carbocycles. The third kappa shape index (κ3) is 5.84. The lowest BCUT2D eigenvalue weighted by Crippen LogP contribution is -2.18. The van der Waals surface area contributed by atoms with Crippen molar-refractivity contribution in [1.82, 2.24) is 14.8 Å². The van der Waals surface area contributed by atoms with Gasteiger partial charge in [-0.1, -0.05) is 41.1 Å². The molecule has 3 aromatic rings. The Morgan fingerprint density at radius 2 is 1.77 bits per heavy atom. The number of aryl methyl sites for hydroxylation is 2. The quantitative estimate of drug-likeness (QED) is 0.539. The van der Waals surface area contributed by atoms with Crippen molar-refractivity contribution in [1.29, 1.82) is 0 Å². The van der Waals surface area contributed by atoms with Crippen LogP contribution in [0.3, 0.4) is 0 Å². The minimum absolute atomic E-state index is 0.0916. The average molecular weight is 444 g/mol. The largest absolute Gasteiger partial charge is 0.325 e. The van der Waals surface area contributed by atoms with Gasteiger partial charge in [-0.05, 0) is 49.7 Å². The number of nitrogens with one attached hydrogen (secondary N) is 2. The lowest BCUT2D eigenvalue weighted by Gasteiger charge is -2.09. The fraction of sp³-hybridized carbons (Fsp3) is 0.238. The summed E-state index contributed by atoms with van der Waals surface area (Å²) in [4.78, 5) is 24.5. The number of benzene rings is 2. The van der Waals surface area contributed by atoms with Crippen LogP contribution in [0.15, 0.2) is 47.6 Å². The van der Waals surface area contributed by atoms with Crippen LogP contribution < -0.4 is 10.6 Å². The molecule has 1 aromatic heterocycles. The normalized spacial score (nSPS) is 10.7. The van der Waals surface area contributed by atoms with Gasteiger partial charge < -0.3 is 15.2 Å². The lowest BCUT2D eigenvalue weighted by molar-refractivity contribution is -0.116. The highest BCUT2D eigenvalue weighted by atomic mass is 35.5. The smallest absolute Gasteiger partial charge is 0.234 e. The van der Waals surface area contributed by atoms with E-state index in [0.717, 1.165) is 16.8 Å². The number of anilines is 2. The van der Waals surface area contributed by atoms with Crippen LogP contribution in [0.1, 0.15) is 17.0 Å². The van der Waals surface area contributed by atoms with Gasteiger partial charge in [0, 0.05) is 23.4 Å². The van der Waals surface area contributed by atoms with Crippen molar-refractivity contribution < 1.29 is 9.59 Å². The van der Waals surface area contributed by atoms with Gasteiger partial charge in [-0.25, -0.2) is 0 Å². The van der Waals surface area contributed by atoms with Crippen LogP contribution in [-0.2, 0) is 23.1 Å². The van der Waals surface area contributed by atoms with Crippen molar-refractivity contribution in [3.63, 3.8) is 0 Å². The molecular formula is C21H22ClN5O2S. The van der Waals surface area contributed by atoms with E-state index in [0.29, 0.717) is 21.7 Å². The Morgan fingerprint density at radius 3 is 2.47 bits per heavy atom. The van der Waals surface area contributed by atoms with E-state index in [2.05, 4.69) is 20.8 Å². The topological polar surface area (TPSA) is 88.9 Å². The summed E-state index contributed by atoms with van der Waals surface area (Å²) in [7, 11) is 1.78. The van der Waals surface area contributed by atoms with Crippen molar-refractivity contribution in [3.05, 3.63) is 64.4 Å². The first-order valence-corrected chi connectivity index (χ1v) is 10.6. The molecule has 0 fully saturated rings. The Morgan fingerprint density at radius 1 is 1.03 bits per heavy atom. The summed E-state index contributed by atoms with van der Waals surface area (Å²) < 4.78 is 1.72. The Kier molecular flexibility index (Phi) is 7.12. The highest BCUT2D eigenvalue weighted by Gasteiger charge is 2.15. The standard InChI is InChI=1S/C21H22ClN5O2S/c1-13-4-9-17(14(2)10-13)24-19(28)11-18-25-26-21(27(18)3)30-12-20(29)23-16-7-5-15(22)6-8-16/h4-10H,11-12H2,1-3H3,(H,23,29)(H,24,28). The predicted octanol–water partition coefficient (Wildman–Crippen LogP) is 4.00. The summed E-state index contributed by atoms with van der Waals surface area (Å²) in [6, 6.07) is 12.8. The van der Waals surface area contributed by atoms with Gasteiger partial charge in [0.25, 0.3) is 0 Å². The van der Waals surface area contributed by atoms with Gasteiger partial charge in [0.15, 0.2) is 5.16 Å². The molecule has 0 atom stereocenters. The van der Waals surface area contributed by atoms with Crippen LogP contribution in [0.4, 0.5) is 11.4 Å². The molecule has 2 amide bonds. The summed E-state index contributed by atoms with van der Waals surface area (Å²) in [5, 5.41) is 15.1. The number of hydrogen-bond acceptors (Lipinski definition) is 5.